The molecule has 27 heavy (non-hydrogen) atoms. The molecule has 5 aromatic rings. The van der Waals surface area contributed by atoms with Crippen molar-refractivity contribution in [2.75, 3.05) is 0 Å². The number of hydrogen-bond acceptors (Lipinski definition) is 4. The molecule has 3 aromatic heterocycles. The lowest BCUT2D eigenvalue weighted by molar-refractivity contribution is 0.786. The minimum absolute atomic E-state index is 0.126. The number of hydrogen-bond donors (Lipinski definition) is 1. The molecule has 2 aromatic carbocycles. The van der Waals surface area contributed by atoms with E-state index in [-0.39, 0.29) is 5.56 Å². The molecule has 0 radical (unpaired) electrons. The minimum atomic E-state index is -0.126. The fourth-order valence-electron chi connectivity index (χ4n) is 3.34. The smallest absolute Gasteiger partial charge is 0.269 e. The Bertz CT molecular complexity index is 1340. The number of aromatic nitrogens is 5. The van der Waals surface area contributed by atoms with Crippen molar-refractivity contribution in [3.05, 3.63) is 89.2 Å². The molecule has 6 heteroatoms. The highest BCUT2D eigenvalue weighted by Crippen LogP contribution is 2.24. The molecule has 0 fully saturated rings. The van der Waals surface area contributed by atoms with Crippen LogP contribution in [-0.4, -0.2) is 24.7 Å². The molecule has 1 N–H and O–H groups in total. The first-order valence-electron chi connectivity index (χ1n) is 8.60. The molecule has 3 heterocycles. The molecule has 0 aliphatic heterocycles. The quantitative estimate of drug-likeness (QED) is 0.539. The van der Waals surface area contributed by atoms with Crippen molar-refractivity contribution < 1.29 is 0 Å². The Hall–Kier alpha value is -3.80. The van der Waals surface area contributed by atoms with Crippen LogP contribution in [0.4, 0.5) is 0 Å². The summed E-state index contributed by atoms with van der Waals surface area (Å²) in [6.45, 7) is 0.476. The summed E-state index contributed by atoms with van der Waals surface area (Å²) in [4.78, 5) is 20.6. The third-order valence-corrected chi connectivity index (χ3v) is 4.69. The number of benzene rings is 2. The molecule has 0 atom stereocenters. The molecule has 5 rings (SSSR count). The molecule has 0 saturated carbocycles. The zero-order chi connectivity index (χ0) is 18.2. The van der Waals surface area contributed by atoms with Gasteiger partial charge in [0, 0.05) is 11.6 Å². The van der Waals surface area contributed by atoms with E-state index in [1.54, 1.807) is 17.0 Å². The molecule has 0 aliphatic rings. The number of rotatable bonds is 3. The van der Waals surface area contributed by atoms with Crippen molar-refractivity contribution in [3.63, 3.8) is 0 Å². The van der Waals surface area contributed by atoms with Crippen LogP contribution < -0.4 is 5.56 Å². The van der Waals surface area contributed by atoms with Gasteiger partial charge in [-0.3, -0.25) is 14.9 Å². The van der Waals surface area contributed by atoms with E-state index in [2.05, 4.69) is 44.4 Å². The van der Waals surface area contributed by atoms with E-state index >= 15 is 0 Å². The van der Waals surface area contributed by atoms with Crippen molar-refractivity contribution in [1.82, 2.24) is 24.7 Å². The predicted octanol–water partition coefficient (Wildman–Crippen LogP) is 3.38. The van der Waals surface area contributed by atoms with Crippen molar-refractivity contribution in [1.29, 1.82) is 0 Å². The summed E-state index contributed by atoms with van der Waals surface area (Å²) in [7, 11) is 0. The molecule has 130 valence electrons. The lowest BCUT2D eigenvalue weighted by Crippen LogP contribution is -2.21. The summed E-state index contributed by atoms with van der Waals surface area (Å²) in [5, 5.41) is 8.11. The van der Waals surface area contributed by atoms with Crippen LogP contribution in [0.2, 0.25) is 0 Å². The van der Waals surface area contributed by atoms with Gasteiger partial charge in [0.2, 0.25) is 0 Å². The third-order valence-electron chi connectivity index (χ3n) is 4.69. The molecular weight excluding hydrogens is 338 g/mol. The maximum atomic E-state index is 12.4. The fraction of sp³-hybridized carbons (Fsp3) is 0.0476. The van der Waals surface area contributed by atoms with E-state index in [4.69, 9.17) is 0 Å². The molecule has 6 nitrogen and oxygen atoms in total. The lowest BCUT2D eigenvalue weighted by atomic mass is 10.0. The van der Waals surface area contributed by atoms with Crippen LogP contribution in [0.1, 0.15) is 5.56 Å². The van der Waals surface area contributed by atoms with Gasteiger partial charge in [0.15, 0.2) is 0 Å². The molecule has 0 amide bonds. The fourth-order valence-corrected chi connectivity index (χ4v) is 3.34. The second-order valence-corrected chi connectivity index (χ2v) is 6.42. The molecule has 0 saturated heterocycles. The molecule has 0 aliphatic carbocycles. The maximum Gasteiger partial charge on any atom is 0.269 e. The van der Waals surface area contributed by atoms with Gasteiger partial charge in [-0.25, -0.2) is 4.98 Å². The Morgan fingerprint density at radius 1 is 0.963 bits per heavy atom. The topological polar surface area (TPSA) is 76.5 Å². The van der Waals surface area contributed by atoms with Gasteiger partial charge in [-0.2, -0.15) is 5.10 Å². The number of H-pyrrole nitrogens is 1. The zero-order valence-electron chi connectivity index (χ0n) is 14.3. The lowest BCUT2D eigenvalue weighted by Gasteiger charge is -2.11. The largest absolute Gasteiger partial charge is 0.301 e. The normalized spacial score (nSPS) is 11.3. The summed E-state index contributed by atoms with van der Waals surface area (Å²) in [5.41, 5.74) is 5.63. The Labute approximate surface area is 154 Å². The number of nitrogens with one attached hydrogen (secondary N) is 1. The summed E-state index contributed by atoms with van der Waals surface area (Å²) >= 11 is 0. The van der Waals surface area contributed by atoms with Gasteiger partial charge in [0.1, 0.15) is 5.52 Å². The Morgan fingerprint density at radius 2 is 1.89 bits per heavy atom. The van der Waals surface area contributed by atoms with Gasteiger partial charge in [0.05, 0.1) is 36.2 Å². The Morgan fingerprint density at radius 3 is 2.85 bits per heavy atom. The average molecular weight is 353 g/mol. The maximum absolute atomic E-state index is 12.4. The van der Waals surface area contributed by atoms with E-state index in [1.807, 2.05) is 30.5 Å². The van der Waals surface area contributed by atoms with Crippen LogP contribution >= 0.6 is 0 Å². The van der Waals surface area contributed by atoms with Gasteiger partial charge in [-0.05, 0) is 41.0 Å². The second kappa shape index (κ2) is 6.17. The average Bonchev–Trinajstić information content (AvgIpc) is 3.18. The van der Waals surface area contributed by atoms with Crippen LogP contribution in [-0.2, 0) is 6.54 Å². The molecule has 0 unspecified atom stereocenters. The summed E-state index contributed by atoms with van der Waals surface area (Å²) in [6.07, 6.45) is 6.51. The Kier molecular flexibility index (Phi) is 3.53. The van der Waals surface area contributed by atoms with E-state index in [9.17, 15) is 4.79 Å². The molecule has 0 spiro atoms. The third kappa shape index (κ3) is 2.77. The zero-order valence-corrected chi connectivity index (χ0v) is 14.3. The molecule has 0 bridgehead atoms. The van der Waals surface area contributed by atoms with Crippen LogP contribution in [0.5, 0.6) is 0 Å². The van der Waals surface area contributed by atoms with Gasteiger partial charge < -0.3 is 4.57 Å². The van der Waals surface area contributed by atoms with Crippen molar-refractivity contribution in [2.45, 2.75) is 6.54 Å². The highest BCUT2D eigenvalue weighted by atomic mass is 16.1. The van der Waals surface area contributed by atoms with Crippen molar-refractivity contribution >= 4 is 21.9 Å². The monoisotopic (exact) mass is 353 g/mol. The highest BCUT2D eigenvalue weighted by Gasteiger charge is 2.07. The van der Waals surface area contributed by atoms with Crippen LogP contribution in [0.25, 0.3) is 33.1 Å². The van der Waals surface area contributed by atoms with E-state index in [0.717, 1.165) is 33.1 Å². The summed E-state index contributed by atoms with van der Waals surface area (Å²) < 4.78 is 1.72. The number of aromatic amines is 1. The SMILES string of the molecule is O=c1cnc2cnccc2n1Cc1cccc(-c2ccc3[nH]ncc3c2)c1. The van der Waals surface area contributed by atoms with Gasteiger partial charge in [-0.15, -0.1) is 0 Å². The van der Waals surface area contributed by atoms with Gasteiger partial charge >= 0.3 is 0 Å². The van der Waals surface area contributed by atoms with Crippen LogP contribution in [0.3, 0.4) is 0 Å². The van der Waals surface area contributed by atoms with E-state index < -0.39 is 0 Å². The molecular formula is C21H15N5O. The van der Waals surface area contributed by atoms with Crippen molar-refractivity contribution in [3.8, 4) is 11.1 Å². The van der Waals surface area contributed by atoms with E-state index in [1.165, 1.54) is 6.20 Å². The minimum Gasteiger partial charge on any atom is -0.301 e. The first-order valence-corrected chi connectivity index (χ1v) is 8.60. The van der Waals surface area contributed by atoms with Crippen molar-refractivity contribution in [2.24, 2.45) is 0 Å². The van der Waals surface area contributed by atoms with Crippen LogP contribution in [0, 0.1) is 0 Å². The number of nitrogens with zero attached hydrogens (tertiary/aromatic N) is 4. The first kappa shape index (κ1) is 15.5. The highest BCUT2D eigenvalue weighted by molar-refractivity contribution is 5.84. The standard InChI is InChI=1S/C21H15N5O/c27-21-12-23-19-11-22-7-6-20(19)26(21)13-14-2-1-3-15(8-14)16-4-5-18-17(9-16)10-24-25-18/h1-12H,13H2,(H,24,25). The van der Waals surface area contributed by atoms with Gasteiger partial charge in [-0.1, -0.05) is 24.3 Å². The second-order valence-electron chi connectivity index (χ2n) is 6.42. The van der Waals surface area contributed by atoms with Crippen LogP contribution in [0.15, 0.2) is 78.1 Å². The van der Waals surface area contributed by atoms with Gasteiger partial charge in [0.25, 0.3) is 5.56 Å². The summed E-state index contributed by atoms with van der Waals surface area (Å²) in [5.74, 6) is 0. The number of fused-ring (bicyclic) bond motifs is 2. The number of pyridine rings is 1. The Balaban J connectivity index is 1.57. The first-order chi connectivity index (χ1) is 13.3. The van der Waals surface area contributed by atoms with E-state index in [0.29, 0.717) is 12.1 Å². The predicted molar refractivity (Wildman–Crippen MR) is 104 cm³/mol. The summed E-state index contributed by atoms with van der Waals surface area (Å²) in [6, 6.07) is 16.2.